The van der Waals surface area contributed by atoms with E-state index in [9.17, 15) is 24.8 Å². The summed E-state index contributed by atoms with van der Waals surface area (Å²) in [4.78, 5) is 39.1. The van der Waals surface area contributed by atoms with Crippen LogP contribution in [0.15, 0.2) is 12.1 Å². The van der Waals surface area contributed by atoms with Crippen LogP contribution in [0.3, 0.4) is 0 Å². The molecule has 4 aliphatic rings. The molecule has 4 fully saturated rings. The third kappa shape index (κ3) is 6.63. The zero-order valence-electron chi connectivity index (χ0n) is 25.9. The molecule has 4 atom stereocenters. The predicted octanol–water partition coefficient (Wildman–Crippen LogP) is 5.60. The third-order valence-corrected chi connectivity index (χ3v) is 11.0. The monoisotopic (exact) mass is 593 g/mol. The largest absolute Gasteiger partial charge is 0.496 e. The number of hydrogen-bond acceptors (Lipinski definition) is 6. The van der Waals surface area contributed by atoms with Crippen molar-refractivity contribution in [2.24, 2.45) is 28.6 Å². The second-order valence-corrected chi connectivity index (χ2v) is 14.1. The van der Waals surface area contributed by atoms with Gasteiger partial charge in [-0.2, -0.15) is 5.26 Å². The van der Waals surface area contributed by atoms with Crippen molar-refractivity contribution in [3.05, 3.63) is 23.3 Å². The predicted molar refractivity (Wildman–Crippen MR) is 161 cm³/mol. The summed E-state index contributed by atoms with van der Waals surface area (Å²) in [5.74, 6) is -0.291. The molecule has 1 aromatic carbocycles. The Labute approximate surface area is 255 Å². The van der Waals surface area contributed by atoms with Gasteiger partial charge in [-0.15, -0.1) is 0 Å². The van der Waals surface area contributed by atoms with E-state index in [2.05, 4.69) is 23.6 Å². The maximum atomic E-state index is 13.8. The van der Waals surface area contributed by atoms with Gasteiger partial charge < -0.3 is 25.2 Å². The van der Waals surface area contributed by atoms with Crippen molar-refractivity contribution in [3.63, 3.8) is 0 Å². The standard InChI is InChI=1S/C34H47N3O6/c1-33(12-6-4-5-7-13-33)20-36-31(39)28-21-8-9-22(16-21)29(28)37-30(38)25-18-26(23(19-35)17-27(25)42-3)43-24-10-14-34(2,15-11-24)32(40)41/h17-18,21-22,24,28-29H,4-16,20H2,1-3H3,(H,36,39)(H,37,38)(H,40,41)/t21-,22+,24-,28+,29-,34+/m1/s1. The number of nitrogens with zero attached hydrogens (tertiary/aromatic N) is 1. The number of carboxylic acids is 1. The van der Waals surface area contributed by atoms with E-state index in [0.717, 1.165) is 32.1 Å². The topological polar surface area (TPSA) is 138 Å². The molecule has 1 aromatic rings. The van der Waals surface area contributed by atoms with Crippen LogP contribution in [0.1, 0.15) is 113 Å². The van der Waals surface area contributed by atoms with Crippen molar-refractivity contribution in [1.82, 2.24) is 10.6 Å². The van der Waals surface area contributed by atoms with E-state index in [1.54, 1.807) is 13.0 Å². The quantitative estimate of drug-likeness (QED) is 0.317. The number of rotatable bonds is 9. The number of methoxy groups -OCH3 is 1. The summed E-state index contributed by atoms with van der Waals surface area (Å²) in [6, 6.07) is 4.97. The Hall–Kier alpha value is -3.28. The van der Waals surface area contributed by atoms with Crippen LogP contribution in [0, 0.1) is 39.9 Å². The summed E-state index contributed by atoms with van der Waals surface area (Å²) in [6.07, 6.45) is 11.9. The first-order valence-corrected chi connectivity index (χ1v) is 16.2. The molecule has 5 rings (SSSR count). The Bertz CT molecular complexity index is 1260. The Balaban J connectivity index is 1.29. The van der Waals surface area contributed by atoms with E-state index < -0.39 is 11.4 Å². The lowest BCUT2D eigenvalue weighted by molar-refractivity contribution is -0.150. The molecule has 0 spiro atoms. The van der Waals surface area contributed by atoms with Gasteiger partial charge in [0.1, 0.15) is 17.6 Å². The van der Waals surface area contributed by atoms with Crippen LogP contribution >= 0.6 is 0 Å². The molecular weight excluding hydrogens is 546 g/mol. The second kappa shape index (κ2) is 12.8. The van der Waals surface area contributed by atoms with E-state index in [1.807, 2.05) is 0 Å². The number of nitrogens with one attached hydrogen (secondary N) is 2. The second-order valence-electron chi connectivity index (χ2n) is 14.1. The van der Waals surface area contributed by atoms with Gasteiger partial charge >= 0.3 is 5.97 Å². The molecule has 9 nitrogen and oxygen atoms in total. The molecule has 9 heteroatoms. The van der Waals surface area contributed by atoms with Crippen molar-refractivity contribution >= 4 is 17.8 Å². The lowest BCUT2D eigenvalue weighted by Gasteiger charge is -2.34. The summed E-state index contributed by atoms with van der Waals surface area (Å²) >= 11 is 0. The SMILES string of the molecule is COc1cc(C#N)c(O[C@H]2CC[C@@](C)(C(=O)O)CC2)cc1C(=O)N[C@@H]1[C@H]2CC[C@H](C2)[C@@H]1C(=O)NCC1(C)CCCCCC1. The van der Waals surface area contributed by atoms with E-state index >= 15 is 0 Å². The lowest BCUT2D eigenvalue weighted by atomic mass is 9.75. The molecular formula is C34H47N3O6. The molecule has 0 radical (unpaired) electrons. The highest BCUT2D eigenvalue weighted by Crippen LogP contribution is 2.49. The first-order valence-electron chi connectivity index (χ1n) is 16.2. The first-order chi connectivity index (χ1) is 20.6. The fraction of sp³-hybridized carbons (Fsp3) is 0.706. The molecule has 43 heavy (non-hydrogen) atoms. The smallest absolute Gasteiger partial charge is 0.309 e. The molecule has 4 saturated carbocycles. The molecule has 0 saturated heterocycles. The Morgan fingerprint density at radius 1 is 0.977 bits per heavy atom. The average molecular weight is 594 g/mol. The van der Waals surface area contributed by atoms with E-state index in [0.29, 0.717) is 32.2 Å². The van der Waals surface area contributed by atoms with Gasteiger partial charge in [0.05, 0.1) is 35.7 Å². The van der Waals surface area contributed by atoms with Gasteiger partial charge in [-0.25, -0.2) is 0 Å². The summed E-state index contributed by atoms with van der Waals surface area (Å²) in [5.41, 5.74) is -0.140. The van der Waals surface area contributed by atoms with Gasteiger partial charge in [-0.3, -0.25) is 14.4 Å². The van der Waals surface area contributed by atoms with Crippen molar-refractivity contribution in [1.29, 1.82) is 5.26 Å². The minimum absolute atomic E-state index is 0.0458. The van der Waals surface area contributed by atoms with Crippen molar-refractivity contribution in [3.8, 4) is 17.6 Å². The number of hydrogen-bond donors (Lipinski definition) is 3. The number of carbonyl (C=O) groups excluding carboxylic acids is 2. The zero-order valence-corrected chi connectivity index (χ0v) is 25.9. The van der Waals surface area contributed by atoms with Gasteiger partial charge in [0.15, 0.2) is 0 Å². The highest BCUT2D eigenvalue weighted by molar-refractivity contribution is 5.98. The molecule has 0 aromatic heterocycles. The highest BCUT2D eigenvalue weighted by atomic mass is 16.5. The summed E-state index contributed by atoms with van der Waals surface area (Å²) in [5, 5.41) is 25.9. The molecule has 0 heterocycles. The Morgan fingerprint density at radius 3 is 2.28 bits per heavy atom. The van der Waals surface area contributed by atoms with Crippen LogP contribution in [0.4, 0.5) is 0 Å². The van der Waals surface area contributed by atoms with E-state index in [-0.39, 0.29) is 69.8 Å². The number of carbonyl (C=O) groups is 3. The average Bonchev–Trinajstić information content (AvgIpc) is 3.53. The maximum absolute atomic E-state index is 13.8. The van der Waals surface area contributed by atoms with E-state index in [4.69, 9.17) is 9.47 Å². The number of nitriles is 1. The molecule has 4 aliphatic carbocycles. The number of carboxylic acid groups (broad SMARTS) is 1. The molecule has 234 valence electrons. The number of fused-ring (bicyclic) bond motifs is 2. The number of amides is 2. The molecule has 0 unspecified atom stereocenters. The Morgan fingerprint density at radius 2 is 1.65 bits per heavy atom. The van der Waals surface area contributed by atoms with Gasteiger partial charge in [-0.05, 0) is 88.0 Å². The van der Waals surface area contributed by atoms with Crippen LogP contribution in [0.25, 0.3) is 0 Å². The fourth-order valence-electron chi connectivity index (χ4n) is 8.11. The summed E-state index contributed by atoms with van der Waals surface area (Å²) in [7, 11) is 1.46. The van der Waals surface area contributed by atoms with Gasteiger partial charge in [0, 0.05) is 18.7 Å². The minimum atomic E-state index is -0.807. The van der Waals surface area contributed by atoms with Crippen molar-refractivity contribution in [2.45, 2.75) is 109 Å². The van der Waals surface area contributed by atoms with Crippen LogP contribution in [0.5, 0.6) is 11.5 Å². The molecule has 2 amide bonds. The molecule has 0 aliphatic heterocycles. The van der Waals surface area contributed by atoms with Crippen LogP contribution < -0.4 is 20.1 Å². The maximum Gasteiger partial charge on any atom is 0.309 e. The van der Waals surface area contributed by atoms with Gasteiger partial charge in [0.2, 0.25) is 5.91 Å². The Kier molecular flexibility index (Phi) is 9.24. The minimum Gasteiger partial charge on any atom is -0.496 e. The number of benzene rings is 1. The van der Waals surface area contributed by atoms with Gasteiger partial charge in [0.25, 0.3) is 5.91 Å². The lowest BCUT2D eigenvalue weighted by Crippen LogP contribution is -2.51. The van der Waals surface area contributed by atoms with E-state index in [1.165, 1.54) is 38.9 Å². The van der Waals surface area contributed by atoms with Crippen molar-refractivity contribution in [2.75, 3.05) is 13.7 Å². The third-order valence-electron chi connectivity index (χ3n) is 11.0. The molecule has 2 bridgehead atoms. The van der Waals surface area contributed by atoms with Crippen LogP contribution in [0.2, 0.25) is 0 Å². The van der Waals surface area contributed by atoms with Crippen molar-refractivity contribution < 1.29 is 29.0 Å². The zero-order chi connectivity index (χ0) is 30.8. The first kappa shape index (κ1) is 31.2. The normalized spacial score (nSPS) is 31.3. The highest BCUT2D eigenvalue weighted by Gasteiger charge is 2.51. The fourth-order valence-corrected chi connectivity index (χ4v) is 8.11. The van der Waals surface area contributed by atoms with Gasteiger partial charge in [-0.1, -0.05) is 32.6 Å². The summed E-state index contributed by atoms with van der Waals surface area (Å²) in [6.45, 7) is 4.72. The summed E-state index contributed by atoms with van der Waals surface area (Å²) < 4.78 is 11.7. The van der Waals surface area contributed by atoms with Crippen LogP contribution in [-0.2, 0) is 9.59 Å². The number of ether oxygens (including phenoxy) is 2. The molecule has 3 N–H and O–H groups in total. The van der Waals surface area contributed by atoms with Crippen LogP contribution in [-0.4, -0.2) is 48.7 Å². The number of aliphatic carboxylic acids is 1.